The molecule has 1 saturated carbocycles. The highest BCUT2D eigenvalue weighted by atomic mass is 19.1. The summed E-state index contributed by atoms with van der Waals surface area (Å²) in [4.78, 5) is 20.7. The fraction of sp³-hybridized carbons (Fsp3) is 0.556. The van der Waals surface area contributed by atoms with Crippen molar-refractivity contribution >= 4 is 11.6 Å². The van der Waals surface area contributed by atoms with E-state index in [0.717, 1.165) is 18.7 Å². The van der Waals surface area contributed by atoms with Gasteiger partial charge in [-0.05, 0) is 26.2 Å². The third kappa shape index (κ3) is 3.08. The van der Waals surface area contributed by atoms with Crippen molar-refractivity contribution in [2.75, 3.05) is 36.0 Å². The summed E-state index contributed by atoms with van der Waals surface area (Å²) in [5.74, 6) is 1.10. The van der Waals surface area contributed by atoms with Crippen molar-refractivity contribution in [3.05, 3.63) is 35.2 Å². The molecule has 0 amide bonds. The van der Waals surface area contributed by atoms with Crippen LogP contribution in [0.5, 0.6) is 0 Å². The molecule has 0 spiro atoms. The van der Waals surface area contributed by atoms with Gasteiger partial charge in [-0.25, -0.2) is 28.7 Å². The first-order chi connectivity index (χ1) is 12.6. The Morgan fingerprint density at radius 2 is 1.62 bits per heavy atom. The molecule has 0 atom stereocenters. The van der Waals surface area contributed by atoms with E-state index in [2.05, 4.69) is 19.9 Å². The lowest BCUT2D eigenvalue weighted by Gasteiger charge is -2.36. The number of piperazine rings is 1. The number of nitrogens with zero attached hydrogens (tertiary/aromatic N) is 6. The molecule has 0 bridgehead atoms. The van der Waals surface area contributed by atoms with Gasteiger partial charge in [0.1, 0.15) is 12.2 Å². The summed E-state index contributed by atoms with van der Waals surface area (Å²) in [6.07, 6.45) is 4.08. The van der Waals surface area contributed by atoms with E-state index in [4.69, 9.17) is 0 Å². The molecule has 138 valence electrons. The molecule has 1 aliphatic heterocycles. The molecule has 0 N–H and O–H groups in total. The van der Waals surface area contributed by atoms with E-state index in [0.29, 0.717) is 61.5 Å². The second-order valence-electron chi connectivity index (χ2n) is 6.86. The number of halogens is 2. The molecule has 2 aliphatic rings. The summed E-state index contributed by atoms with van der Waals surface area (Å²) in [5, 5.41) is 0. The number of hydrogen-bond acceptors (Lipinski definition) is 6. The monoisotopic (exact) mass is 360 g/mol. The molecule has 2 aromatic heterocycles. The Labute approximate surface area is 151 Å². The predicted molar refractivity (Wildman–Crippen MR) is 94.5 cm³/mol. The zero-order chi connectivity index (χ0) is 18.3. The number of rotatable bonds is 4. The second kappa shape index (κ2) is 6.74. The Morgan fingerprint density at radius 1 is 0.962 bits per heavy atom. The third-order valence-corrected chi connectivity index (χ3v) is 5.02. The maximum atomic E-state index is 14.6. The Balaban J connectivity index is 1.52. The summed E-state index contributed by atoms with van der Waals surface area (Å²) in [7, 11) is 0. The molecule has 3 heterocycles. The van der Waals surface area contributed by atoms with Gasteiger partial charge in [0.15, 0.2) is 23.3 Å². The van der Waals surface area contributed by atoms with Crippen molar-refractivity contribution in [2.24, 2.45) is 0 Å². The van der Waals surface area contributed by atoms with Crippen LogP contribution < -0.4 is 9.80 Å². The maximum absolute atomic E-state index is 14.6. The Kier molecular flexibility index (Phi) is 4.42. The first-order valence-corrected chi connectivity index (χ1v) is 9.11. The Bertz CT molecular complexity index is 816. The molecular formula is C18H22F2N6. The van der Waals surface area contributed by atoms with Crippen LogP contribution in [0.2, 0.25) is 0 Å². The van der Waals surface area contributed by atoms with E-state index < -0.39 is 0 Å². The number of aryl methyl sites for hydroxylation is 2. The summed E-state index contributed by atoms with van der Waals surface area (Å²) < 4.78 is 29.1. The van der Waals surface area contributed by atoms with Crippen molar-refractivity contribution in [1.29, 1.82) is 0 Å². The van der Waals surface area contributed by atoms with Crippen LogP contribution in [0.25, 0.3) is 0 Å². The van der Waals surface area contributed by atoms with Gasteiger partial charge < -0.3 is 9.80 Å². The van der Waals surface area contributed by atoms with E-state index in [1.54, 1.807) is 6.92 Å². The number of hydrogen-bond donors (Lipinski definition) is 0. The highest BCUT2D eigenvalue weighted by Gasteiger charge is 2.30. The van der Waals surface area contributed by atoms with Gasteiger partial charge in [0.2, 0.25) is 0 Å². The lowest BCUT2D eigenvalue weighted by Crippen LogP contribution is -2.48. The SMILES string of the molecule is CCc1ncnc(N2CCN(c3nc(C4CC4)nc(C)c3F)CC2)c1F. The summed E-state index contributed by atoms with van der Waals surface area (Å²) >= 11 is 0. The van der Waals surface area contributed by atoms with Gasteiger partial charge in [-0.15, -0.1) is 0 Å². The van der Waals surface area contributed by atoms with Crippen LogP contribution in [-0.2, 0) is 6.42 Å². The standard InChI is InChI=1S/C18H22F2N6/c1-3-13-15(20)17(22-10-21-13)25-6-8-26(9-7-25)18-14(19)11(2)23-16(24-18)12-4-5-12/h10,12H,3-9H2,1-2H3. The summed E-state index contributed by atoms with van der Waals surface area (Å²) in [5.41, 5.74) is 0.817. The molecule has 4 rings (SSSR count). The van der Waals surface area contributed by atoms with Crippen molar-refractivity contribution < 1.29 is 8.78 Å². The van der Waals surface area contributed by atoms with Crippen LogP contribution in [0, 0.1) is 18.6 Å². The Morgan fingerprint density at radius 3 is 2.23 bits per heavy atom. The van der Waals surface area contributed by atoms with Crippen LogP contribution in [-0.4, -0.2) is 46.1 Å². The van der Waals surface area contributed by atoms with Crippen LogP contribution in [0.15, 0.2) is 6.33 Å². The average Bonchev–Trinajstić information content (AvgIpc) is 3.49. The summed E-state index contributed by atoms with van der Waals surface area (Å²) in [6.45, 7) is 5.78. The topological polar surface area (TPSA) is 58.0 Å². The first-order valence-electron chi connectivity index (χ1n) is 9.11. The van der Waals surface area contributed by atoms with Crippen molar-refractivity contribution in [1.82, 2.24) is 19.9 Å². The smallest absolute Gasteiger partial charge is 0.187 e. The van der Waals surface area contributed by atoms with Crippen LogP contribution in [0.1, 0.15) is 42.9 Å². The molecule has 8 heteroatoms. The highest BCUT2D eigenvalue weighted by Crippen LogP contribution is 2.39. The minimum atomic E-state index is -0.358. The molecule has 1 saturated heterocycles. The van der Waals surface area contributed by atoms with Gasteiger partial charge in [-0.1, -0.05) is 6.92 Å². The molecule has 6 nitrogen and oxygen atoms in total. The molecule has 26 heavy (non-hydrogen) atoms. The minimum absolute atomic E-state index is 0.328. The predicted octanol–water partition coefficient (Wildman–Crippen LogP) is 2.62. The van der Waals surface area contributed by atoms with Gasteiger partial charge in [0.05, 0.1) is 11.4 Å². The van der Waals surface area contributed by atoms with Gasteiger partial charge in [-0.3, -0.25) is 0 Å². The van der Waals surface area contributed by atoms with E-state index in [1.807, 2.05) is 16.7 Å². The van der Waals surface area contributed by atoms with Gasteiger partial charge in [0.25, 0.3) is 0 Å². The van der Waals surface area contributed by atoms with Crippen LogP contribution in [0.3, 0.4) is 0 Å². The average molecular weight is 360 g/mol. The number of aromatic nitrogens is 4. The fourth-order valence-corrected chi connectivity index (χ4v) is 3.29. The molecule has 0 unspecified atom stereocenters. The largest absolute Gasteiger partial charge is 0.351 e. The molecular weight excluding hydrogens is 338 g/mol. The van der Waals surface area contributed by atoms with Crippen LogP contribution in [0.4, 0.5) is 20.4 Å². The highest BCUT2D eigenvalue weighted by molar-refractivity contribution is 5.47. The Hall–Kier alpha value is -2.38. The molecule has 0 radical (unpaired) electrons. The van der Waals surface area contributed by atoms with Gasteiger partial charge in [-0.2, -0.15) is 0 Å². The normalized spacial score (nSPS) is 17.7. The first kappa shape index (κ1) is 17.1. The third-order valence-electron chi connectivity index (χ3n) is 5.02. The summed E-state index contributed by atoms with van der Waals surface area (Å²) in [6, 6.07) is 0. The lowest BCUT2D eigenvalue weighted by atomic mass is 10.2. The van der Waals surface area contributed by atoms with Crippen LogP contribution >= 0.6 is 0 Å². The molecule has 0 aromatic carbocycles. The fourth-order valence-electron chi connectivity index (χ4n) is 3.29. The van der Waals surface area contributed by atoms with Gasteiger partial charge in [0, 0.05) is 32.1 Å². The maximum Gasteiger partial charge on any atom is 0.187 e. The second-order valence-corrected chi connectivity index (χ2v) is 6.86. The number of anilines is 2. The molecule has 1 aliphatic carbocycles. The van der Waals surface area contributed by atoms with Gasteiger partial charge >= 0.3 is 0 Å². The van der Waals surface area contributed by atoms with E-state index in [9.17, 15) is 8.78 Å². The zero-order valence-corrected chi connectivity index (χ0v) is 15.0. The van der Waals surface area contributed by atoms with Crippen molar-refractivity contribution in [3.63, 3.8) is 0 Å². The van der Waals surface area contributed by atoms with E-state index >= 15 is 0 Å². The van der Waals surface area contributed by atoms with E-state index in [1.165, 1.54) is 6.33 Å². The molecule has 2 aromatic rings. The molecule has 2 fully saturated rings. The zero-order valence-electron chi connectivity index (χ0n) is 15.0. The lowest BCUT2D eigenvalue weighted by molar-refractivity contribution is 0.552. The van der Waals surface area contributed by atoms with Crippen molar-refractivity contribution in [3.8, 4) is 0 Å². The van der Waals surface area contributed by atoms with Crippen molar-refractivity contribution in [2.45, 2.75) is 39.0 Å². The quantitative estimate of drug-likeness (QED) is 0.835. The van der Waals surface area contributed by atoms with E-state index in [-0.39, 0.29) is 11.6 Å². The minimum Gasteiger partial charge on any atom is -0.351 e.